The lowest BCUT2D eigenvalue weighted by molar-refractivity contribution is -0.121. The Balaban J connectivity index is 1.74. The lowest BCUT2D eigenvalue weighted by atomic mass is 10.0. The number of aromatic nitrogens is 3. The first-order valence-electron chi connectivity index (χ1n) is 8.68. The van der Waals surface area contributed by atoms with Gasteiger partial charge in [0.05, 0.1) is 5.69 Å². The number of benzene rings is 1. The molecule has 0 aliphatic carbocycles. The average Bonchev–Trinajstić information content (AvgIpc) is 3.06. The minimum absolute atomic E-state index is 0.0799. The van der Waals surface area contributed by atoms with E-state index in [4.69, 9.17) is 4.52 Å². The molecule has 3 aromatic rings. The van der Waals surface area contributed by atoms with Crippen molar-refractivity contribution in [3.63, 3.8) is 0 Å². The van der Waals surface area contributed by atoms with Crippen molar-refractivity contribution in [1.29, 1.82) is 0 Å². The molecule has 0 saturated heterocycles. The van der Waals surface area contributed by atoms with Crippen molar-refractivity contribution in [1.82, 2.24) is 20.0 Å². The van der Waals surface area contributed by atoms with Crippen molar-refractivity contribution in [3.8, 4) is 0 Å². The number of carbonyl (C=O) groups is 1. The summed E-state index contributed by atoms with van der Waals surface area (Å²) in [6.45, 7) is 6.03. The fourth-order valence-electron chi connectivity index (χ4n) is 2.89. The highest BCUT2D eigenvalue weighted by molar-refractivity contribution is 5.78. The third-order valence-corrected chi connectivity index (χ3v) is 4.47. The first kappa shape index (κ1) is 17.8. The number of hydrogen-bond acceptors (Lipinski definition) is 5. The highest BCUT2D eigenvalue weighted by Gasteiger charge is 2.18. The molecule has 136 valence electrons. The van der Waals surface area contributed by atoms with E-state index in [1.54, 1.807) is 6.92 Å². The highest BCUT2D eigenvalue weighted by Crippen LogP contribution is 2.14. The molecular weight excluding hydrogens is 332 g/mol. The SMILES string of the molecule is CCc1noc2nc(C)n(CC(=O)NC[C@@H](C)c3ccccc3)c(=O)c12. The first-order chi connectivity index (χ1) is 12.5. The Morgan fingerprint density at radius 1 is 1.31 bits per heavy atom. The third kappa shape index (κ3) is 3.51. The van der Waals surface area contributed by atoms with Gasteiger partial charge in [0.1, 0.15) is 17.8 Å². The van der Waals surface area contributed by atoms with E-state index in [1.807, 2.05) is 44.2 Å². The summed E-state index contributed by atoms with van der Waals surface area (Å²) >= 11 is 0. The molecule has 7 nitrogen and oxygen atoms in total. The summed E-state index contributed by atoms with van der Waals surface area (Å²) in [6.07, 6.45) is 0.563. The second-order valence-electron chi connectivity index (χ2n) is 6.33. The van der Waals surface area contributed by atoms with Crippen molar-refractivity contribution in [2.45, 2.75) is 39.7 Å². The van der Waals surface area contributed by atoms with Gasteiger partial charge >= 0.3 is 0 Å². The molecule has 3 rings (SSSR count). The molecule has 1 N–H and O–H groups in total. The zero-order valence-corrected chi connectivity index (χ0v) is 15.2. The summed E-state index contributed by atoms with van der Waals surface area (Å²) in [5.74, 6) is 0.379. The molecule has 0 saturated carbocycles. The lowest BCUT2D eigenvalue weighted by Gasteiger charge is -2.14. The van der Waals surface area contributed by atoms with Crippen LogP contribution in [0.25, 0.3) is 11.1 Å². The molecule has 2 heterocycles. The van der Waals surface area contributed by atoms with Gasteiger partial charge in [-0.15, -0.1) is 0 Å². The van der Waals surface area contributed by atoms with Crippen LogP contribution < -0.4 is 10.9 Å². The topological polar surface area (TPSA) is 90.0 Å². The molecule has 0 radical (unpaired) electrons. The summed E-state index contributed by atoms with van der Waals surface area (Å²) in [7, 11) is 0. The minimum atomic E-state index is -0.295. The number of carbonyl (C=O) groups excluding carboxylic acids is 1. The third-order valence-electron chi connectivity index (χ3n) is 4.47. The quantitative estimate of drug-likeness (QED) is 0.733. The normalized spacial score (nSPS) is 12.3. The molecule has 2 aromatic heterocycles. The van der Waals surface area contributed by atoms with E-state index in [1.165, 1.54) is 4.57 Å². The number of amides is 1. The fraction of sp³-hybridized carbons (Fsp3) is 0.368. The van der Waals surface area contributed by atoms with Crippen molar-refractivity contribution in [2.24, 2.45) is 0 Å². The maximum atomic E-state index is 12.7. The number of hydrogen-bond donors (Lipinski definition) is 1. The number of nitrogens with zero attached hydrogens (tertiary/aromatic N) is 3. The largest absolute Gasteiger partial charge is 0.354 e. The van der Waals surface area contributed by atoms with E-state index in [-0.39, 0.29) is 29.6 Å². The van der Waals surface area contributed by atoms with Crippen LogP contribution in [0.15, 0.2) is 39.6 Å². The highest BCUT2D eigenvalue weighted by atomic mass is 16.5. The van der Waals surface area contributed by atoms with Gasteiger partial charge in [-0.3, -0.25) is 14.2 Å². The molecule has 26 heavy (non-hydrogen) atoms. The summed E-state index contributed by atoms with van der Waals surface area (Å²) in [5, 5.41) is 7.12. The Hall–Kier alpha value is -2.96. The van der Waals surface area contributed by atoms with Crippen LogP contribution in [-0.2, 0) is 17.8 Å². The second kappa shape index (κ2) is 7.51. The smallest absolute Gasteiger partial charge is 0.267 e. The maximum absolute atomic E-state index is 12.7. The second-order valence-corrected chi connectivity index (χ2v) is 6.33. The predicted molar refractivity (Wildman–Crippen MR) is 98.0 cm³/mol. The molecule has 1 atom stereocenters. The minimum Gasteiger partial charge on any atom is -0.354 e. The number of nitrogens with one attached hydrogen (secondary N) is 1. The molecule has 7 heteroatoms. The lowest BCUT2D eigenvalue weighted by Crippen LogP contribution is -2.35. The summed E-state index contributed by atoms with van der Waals surface area (Å²) in [4.78, 5) is 29.3. The summed E-state index contributed by atoms with van der Waals surface area (Å²) < 4.78 is 6.48. The van der Waals surface area contributed by atoms with Gasteiger partial charge in [0.2, 0.25) is 5.91 Å². The zero-order valence-electron chi connectivity index (χ0n) is 15.2. The Morgan fingerprint density at radius 2 is 2.04 bits per heavy atom. The molecule has 0 fully saturated rings. The maximum Gasteiger partial charge on any atom is 0.267 e. The van der Waals surface area contributed by atoms with Gasteiger partial charge in [0, 0.05) is 6.54 Å². The van der Waals surface area contributed by atoms with Crippen molar-refractivity contribution in [3.05, 3.63) is 57.8 Å². The molecule has 0 spiro atoms. The van der Waals surface area contributed by atoms with E-state index in [9.17, 15) is 9.59 Å². The van der Waals surface area contributed by atoms with Crippen LogP contribution in [0.5, 0.6) is 0 Å². The van der Waals surface area contributed by atoms with Gasteiger partial charge in [-0.25, -0.2) is 0 Å². The van der Waals surface area contributed by atoms with Crippen LogP contribution in [0.2, 0.25) is 0 Å². The monoisotopic (exact) mass is 354 g/mol. The molecule has 1 amide bonds. The van der Waals surface area contributed by atoms with Crippen LogP contribution in [0.1, 0.15) is 36.8 Å². The van der Waals surface area contributed by atoms with E-state index >= 15 is 0 Å². The van der Waals surface area contributed by atoms with E-state index in [0.717, 1.165) is 5.56 Å². The van der Waals surface area contributed by atoms with Crippen LogP contribution in [0.4, 0.5) is 0 Å². The van der Waals surface area contributed by atoms with E-state index in [2.05, 4.69) is 15.5 Å². The standard InChI is InChI=1S/C19H22N4O3/c1-4-15-17-18(26-22-15)21-13(3)23(19(17)25)11-16(24)20-10-12(2)14-8-6-5-7-9-14/h5-9,12H,4,10-11H2,1-3H3,(H,20,24)/t12-/m1/s1. The van der Waals surface area contributed by atoms with Crippen molar-refractivity contribution >= 4 is 17.0 Å². The van der Waals surface area contributed by atoms with Gasteiger partial charge in [-0.1, -0.05) is 49.3 Å². The molecule has 0 unspecified atom stereocenters. The van der Waals surface area contributed by atoms with Crippen molar-refractivity contribution < 1.29 is 9.32 Å². The van der Waals surface area contributed by atoms with Gasteiger partial charge in [-0.2, -0.15) is 4.98 Å². The number of fused-ring (bicyclic) bond motifs is 1. The Bertz CT molecular complexity index is 976. The fourth-order valence-corrected chi connectivity index (χ4v) is 2.89. The van der Waals surface area contributed by atoms with Crippen LogP contribution >= 0.6 is 0 Å². The van der Waals surface area contributed by atoms with Gasteiger partial charge in [0.15, 0.2) is 0 Å². The molecular formula is C19H22N4O3. The van der Waals surface area contributed by atoms with E-state index < -0.39 is 0 Å². The molecule has 0 aliphatic rings. The first-order valence-corrected chi connectivity index (χ1v) is 8.68. The van der Waals surface area contributed by atoms with Crippen molar-refractivity contribution in [2.75, 3.05) is 6.54 Å². The summed E-state index contributed by atoms with van der Waals surface area (Å²) in [5.41, 5.74) is 1.64. The van der Waals surface area contributed by atoms with Crippen LogP contribution in [-0.4, -0.2) is 27.2 Å². The van der Waals surface area contributed by atoms with Crippen LogP contribution in [0, 0.1) is 6.92 Å². The van der Waals surface area contributed by atoms with E-state index in [0.29, 0.717) is 29.9 Å². The molecule has 0 bridgehead atoms. The Morgan fingerprint density at radius 3 is 2.73 bits per heavy atom. The molecule has 1 aromatic carbocycles. The van der Waals surface area contributed by atoms with Gasteiger partial charge in [-0.05, 0) is 24.8 Å². The van der Waals surface area contributed by atoms with Gasteiger partial charge in [0.25, 0.3) is 11.3 Å². The molecule has 0 aliphatic heterocycles. The summed E-state index contributed by atoms with van der Waals surface area (Å²) in [6, 6.07) is 9.97. The zero-order chi connectivity index (χ0) is 18.7. The Labute approximate surface area is 151 Å². The van der Waals surface area contributed by atoms with Gasteiger partial charge < -0.3 is 9.84 Å². The van der Waals surface area contributed by atoms with Crippen LogP contribution in [0.3, 0.4) is 0 Å². The number of aryl methyl sites for hydroxylation is 2. The average molecular weight is 354 g/mol. The Kier molecular flexibility index (Phi) is 5.16. The number of rotatable bonds is 6. The predicted octanol–water partition coefficient (Wildman–Crippen LogP) is 2.18.